The van der Waals surface area contributed by atoms with Gasteiger partial charge in [-0.25, -0.2) is 0 Å². The van der Waals surface area contributed by atoms with E-state index in [1.54, 1.807) is 0 Å². The molecule has 108 valence electrons. The third-order valence-electron chi connectivity index (χ3n) is 3.03. The average Bonchev–Trinajstić information content (AvgIpc) is 2.31. The fourth-order valence-corrected chi connectivity index (χ4v) is 2.07. The SMILES string of the molecule is CC(C)CCOc1ccc(Cl)cc1CCCN(C)C. The van der Waals surface area contributed by atoms with E-state index in [2.05, 4.69) is 32.8 Å². The first kappa shape index (κ1) is 16.3. The lowest BCUT2D eigenvalue weighted by Crippen LogP contribution is -2.13. The third-order valence-corrected chi connectivity index (χ3v) is 3.26. The summed E-state index contributed by atoms with van der Waals surface area (Å²) < 4.78 is 5.89. The van der Waals surface area contributed by atoms with E-state index in [1.807, 2.05) is 18.2 Å². The van der Waals surface area contributed by atoms with Gasteiger partial charge in [0.25, 0.3) is 0 Å². The van der Waals surface area contributed by atoms with Crippen molar-refractivity contribution >= 4 is 11.6 Å². The molecule has 1 aromatic carbocycles. The van der Waals surface area contributed by atoms with Crippen molar-refractivity contribution in [2.45, 2.75) is 33.1 Å². The Morgan fingerprint density at radius 3 is 2.63 bits per heavy atom. The number of nitrogens with zero attached hydrogens (tertiary/aromatic N) is 1. The topological polar surface area (TPSA) is 12.5 Å². The second kappa shape index (κ2) is 8.44. The largest absolute Gasteiger partial charge is 0.493 e. The van der Waals surface area contributed by atoms with Crippen LogP contribution in [0.15, 0.2) is 18.2 Å². The van der Waals surface area contributed by atoms with Gasteiger partial charge in [-0.3, -0.25) is 0 Å². The molecule has 0 aliphatic rings. The van der Waals surface area contributed by atoms with Gasteiger partial charge < -0.3 is 9.64 Å². The minimum atomic E-state index is 0.671. The molecule has 0 N–H and O–H groups in total. The minimum absolute atomic E-state index is 0.671. The number of hydrogen-bond acceptors (Lipinski definition) is 2. The highest BCUT2D eigenvalue weighted by Crippen LogP contribution is 2.24. The quantitative estimate of drug-likeness (QED) is 0.707. The molecule has 0 unspecified atom stereocenters. The Labute approximate surface area is 122 Å². The molecule has 0 radical (unpaired) electrons. The molecule has 0 amide bonds. The van der Waals surface area contributed by atoms with Crippen LogP contribution in [-0.2, 0) is 6.42 Å². The highest BCUT2D eigenvalue weighted by molar-refractivity contribution is 6.30. The van der Waals surface area contributed by atoms with E-state index < -0.39 is 0 Å². The van der Waals surface area contributed by atoms with Gasteiger partial charge >= 0.3 is 0 Å². The Hall–Kier alpha value is -0.730. The summed E-state index contributed by atoms with van der Waals surface area (Å²) in [4.78, 5) is 2.20. The van der Waals surface area contributed by atoms with E-state index in [1.165, 1.54) is 5.56 Å². The minimum Gasteiger partial charge on any atom is -0.493 e. The summed E-state index contributed by atoms with van der Waals surface area (Å²) in [6, 6.07) is 5.93. The monoisotopic (exact) mass is 283 g/mol. The lowest BCUT2D eigenvalue weighted by atomic mass is 10.1. The first-order valence-electron chi connectivity index (χ1n) is 7.05. The van der Waals surface area contributed by atoms with Crippen molar-refractivity contribution in [1.29, 1.82) is 0 Å². The Balaban J connectivity index is 2.58. The molecule has 0 spiro atoms. The molecule has 0 aromatic heterocycles. The van der Waals surface area contributed by atoms with Crippen LogP contribution in [0.1, 0.15) is 32.3 Å². The number of halogens is 1. The molecule has 0 aliphatic carbocycles. The number of rotatable bonds is 8. The maximum Gasteiger partial charge on any atom is 0.122 e. The van der Waals surface area contributed by atoms with Crippen molar-refractivity contribution in [3.63, 3.8) is 0 Å². The molecule has 0 bridgehead atoms. The fraction of sp³-hybridized carbons (Fsp3) is 0.625. The second-order valence-corrected chi connectivity index (χ2v) is 6.13. The molecular formula is C16H26ClNO. The second-order valence-electron chi connectivity index (χ2n) is 5.69. The van der Waals surface area contributed by atoms with E-state index in [9.17, 15) is 0 Å². The van der Waals surface area contributed by atoms with Gasteiger partial charge in [0.2, 0.25) is 0 Å². The Morgan fingerprint density at radius 2 is 2.00 bits per heavy atom. The summed E-state index contributed by atoms with van der Waals surface area (Å²) in [7, 11) is 4.19. The van der Waals surface area contributed by atoms with Gasteiger partial charge in [-0.15, -0.1) is 0 Å². The van der Waals surface area contributed by atoms with Gasteiger partial charge in [0, 0.05) is 5.02 Å². The van der Waals surface area contributed by atoms with Gasteiger partial charge in [-0.1, -0.05) is 25.4 Å². The van der Waals surface area contributed by atoms with Crippen molar-refractivity contribution in [1.82, 2.24) is 4.90 Å². The number of hydrogen-bond donors (Lipinski definition) is 0. The summed E-state index contributed by atoms with van der Waals surface area (Å²) in [6.45, 7) is 6.28. The van der Waals surface area contributed by atoms with Crippen molar-refractivity contribution in [3.8, 4) is 5.75 Å². The van der Waals surface area contributed by atoms with Crippen LogP contribution in [0.25, 0.3) is 0 Å². The molecule has 19 heavy (non-hydrogen) atoms. The maximum absolute atomic E-state index is 6.08. The van der Waals surface area contributed by atoms with E-state index >= 15 is 0 Å². The lowest BCUT2D eigenvalue weighted by Gasteiger charge is -2.14. The molecule has 0 saturated carbocycles. The maximum atomic E-state index is 6.08. The van der Waals surface area contributed by atoms with Crippen LogP contribution in [0.4, 0.5) is 0 Å². The first-order chi connectivity index (χ1) is 8.99. The standard InChI is InChI=1S/C16H26ClNO/c1-13(2)9-11-19-16-8-7-15(17)12-14(16)6-5-10-18(3)4/h7-8,12-13H,5-6,9-11H2,1-4H3. The predicted molar refractivity (Wildman–Crippen MR) is 83.3 cm³/mol. The number of benzene rings is 1. The first-order valence-corrected chi connectivity index (χ1v) is 7.42. The van der Waals surface area contributed by atoms with E-state index in [0.717, 1.165) is 43.2 Å². The Kier molecular flexibility index (Phi) is 7.25. The average molecular weight is 284 g/mol. The fourth-order valence-electron chi connectivity index (χ4n) is 1.87. The van der Waals surface area contributed by atoms with Crippen LogP contribution in [0.5, 0.6) is 5.75 Å². The zero-order valence-electron chi connectivity index (χ0n) is 12.6. The summed E-state index contributed by atoms with van der Waals surface area (Å²) in [6.07, 6.45) is 3.21. The molecule has 3 heteroatoms. The smallest absolute Gasteiger partial charge is 0.122 e. The number of ether oxygens (including phenoxy) is 1. The predicted octanol–water partition coefficient (Wildman–Crippen LogP) is 4.26. The summed E-state index contributed by atoms with van der Waals surface area (Å²) in [5, 5.41) is 0.788. The zero-order valence-corrected chi connectivity index (χ0v) is 13.3. The van der Waals surface area contributed by atoms with Crippen LogP contribution in [0, 0.1) is 5.92 Å². The molecule has 0 heterocycles. The van der Waals surface area contributed by atoms with Crippen LogP contribution in [-0.4, -0.2) is 32.1 Å². The van der Waals surface area contributed by atoms with Gasteiger partial charge in [0.05, 0.1) is 6.61 Å². The highest BCUT2D eigenvalue weighted by atomic mass is 35.5. The Bertz CT molecular complexity index is 377. The molecule has 0 fully saturated rings. The molecule has 0 atom stereocenters. The molecular weight excluding hydrogens is 258 g/mol. The zero-order chi connectivity index (χ0) is 14.3. The van der Waals surface area contributed by atoms with Gasteiger partial charge in [0.15, 0.2) is 0 Å². The van der Waals surface area contributed by atoms with Crippen LogP contribution >= 0.6 is 11.6 Å². The van der Waals surface area contributed by atoms with Crippen molar-refractivity contribution < 1.29 is 4.74 Å². The lowest BCUT2D eigenvalue weighted by molar-refractivity contribution is 0.286. The molecule has 0 aliphatic heterocycles. The number of aryl methyl sites for hydroxylation is 1. The molecule has 0 saturated heterocycles. The van der Waals surface area contributed by atoms with E-state index in [4.69, 9.17) is 16.3 Å². The van der Waals surface area contributed by atoms with Crippen molar-refractivity contribution in [2.75, 3.05) is 27.2 Å². The molecule has 1 aromatic rings. The Morgan fingerprint density at radius 1 is 1.26 bits per heavy atom. The van der Waals surface area contributed by atoms with Gasteiger partial charge in [-0.05, 0) is 69.6 Å². The van der Waals surface area contributed by atoms with Gasteiger partial charge in [-0.2, -0.15) is 0 Å². The summed E-state index contributed by atoms with van der Waals surface area (Å²) in [5.74, 6) is 1.66. The van der Waals surface area contributed by atoms with Crippen LogP contribution < -0.4 is 4.74 Å². The molecule has 1 rings (SSSR count). The van der Waals surface area contributed by atoms with Crippen molar-refractivity contribution in [3.05, 3.63) is 28.8 Å². The van der Waals surface area contributed by atoms with Crippen molar-refractivity contribution in [2.24, 2.45) is 5.92 Å². The summed E-state index contributed by atoms with van der Waals surface area (Å²) >= 11 is 6.08. The highest BCUT2D eigenvalue weighted by Gasteiger charge is 2.06. The summed E-state index contributed by atoms with van der Waals surface area (Å²) in [5.41, 5.74) is 1.22. The van der Waals surface area contributed by atoms with E-state index in [-0.39, 0.29) is 0 Å². The van der Waals surface area contributed by atoms with Crippen LogP contribution in [0.2, 0.25) is 5.02 Å². The van der Waals surface area contributed by atoms with Crippen LogP contribution in [0.3, 0.4) is 0 Å². The van der Waals surface area contributed by atoms with Gasteiger partial charge in [0.1, 0.15) is 5.75 Å². The normalized spacial score (nSPS) is 11.3. The molecule has 2 nitrogen and oxygen atoms in total. The third kappa shape index (κ3) is 6.84. The van der Waals surface area contributed by atoms with E-state index in [0.29, 0.717) is 5.92 Å².